The number of hydrogen-bond acceptors (Lipinski definition) is 7. The average Bonchev–Trinajstić information content (AvgIpc) is 2.98. The summed E-state index contributed by atoms with van der Waals surface area (Å²) in [7, 11) is 3.61. The molecule has 0 aliphatic heterocycles. The fraction of sp³-hybridized carbons (Fsp3) is 0.156. The molecule has 4 rings (SSSR count). The van der Waals surface area contributed by atoms with Crippen molar-refractivity contribution in [2.45, 2.75) is 19.6 Å². The molecule has 1 heterocycles. The highest BCUT2D eigenvalue weighted by atomic mass is 16.1. The molecule has 8 nitrogen and oxygen atoms in total. The number of carbonyl (C=O) groups is 1. The molecule has 0 saturated carbocycles. The van der Waals surface area contributed by atoms with Gasteiger partial charge < -0.3 is 26.3 Å². The van der Waals surface area contributed by atoms with Crippen molar-refractivity contribution in [3.63, 3.8) is 0 Å². The Morgan fingerprint density at radius 3 is 2.25 bits per heavy atom. The maximum Gasteiger partial charge on any atom is 0.225 e. The van der Waals surface area contributed by atoms with Crippen molar-refractivity contribution in [3.8, 4) is 0 Å². The summed E-state index contributed by atoms with van der Waals surface area (Å²) in [6, 6.07) is 17.6. The van der Waals surface area contributed by atoms with Gasteiger partial charge >= 0.3 is 0 Å². The molecule has 0 amide bonds. The van der Waals surface area contributed by atoms with E-state index in [1.165, 1.54) is 0 Å². The third-order valence-corrected chi connectivity index (χ3v) is 6.82. The average molecular weight is 534 g/mol. The summed E-state index contributed by atoms with van der Waals surface area (Å²) >= 11 is 0. The van der Waals surface area contributed by atoms with Gasteiger partial charge in [0.05, 0.1) is 34.2 Å². The molecule has 3 aromatic rings. The van der Waals surface area contributed by atoms with Crippen LogP contribution in [0.25, 0.3) is 11.4 Å². The maximum absolute atomic E-state index is 10.9. The van der Waals surface area contributed by atoms with Gasteiger partial charge in [-0.15, -0.1) is 0 Å². The lowest BCUT2D eigenvalue weighted by molar-refractivity contribution is 0.112. The Balaban J connectivity index is 1.42. The second-order valence-electron chi connectivity index (χ2n) is 9.55. The third kappa shape index (κ3) is 6.13. The van der Waals surface area contributed by atoms with Crippen molar-refractivity contribution in [1.82, 2.24) is 25.5 Å². The molecule has 0 fully saturated rings. The molecule has 0 spiro atoms. The fourth-order valence-electron chi connectivity index (χ4n) is 4.31. The predicted molar refractivity (Wildman–Crippen MR) is 161 cm³/mol. The molecule has 0 unspecified atom stereocenters. The van der Waals surface area contributed by atoms with Gasteiger partial charge in [0.2, 0.25) is 5.62 Å². The van der Waals surface area contributed by atoms with Crippen molar-refractivity contribution >= 4 is 17.7 Å². The zero-order chi connectivity index (χ0) is 28.8. The normalized spacial score (nSPS) is 13.1. The highest BCUT2D eigenvalue weighted by Gasteiger charge is 2.23. The van der Waals surface area contributed by atoms with Crippen molar-refractivity contribution in [2.75, 3.05) is 7.05 Å². The molecule has 0 saturated heterocycles. The van der Waals surface area contributed by atoms with Crippen molar-refractivity contribution in [1.29, 1.82) is 0 Å². The van der Waals surface area contributed by atoms with Gasteiger partial charge in [-0.1, -0.05) is 74.8 Å². The second kappa shape index (κ2) is 12.2. The number of aldehydes is 1. The molecule has 0 radical (unpaired) electrons. The van der Waals surface area contributed by atoms with E-state index in [0.717, 1.165) is 51.2 Å². The van der Waals surface area contributed by atoms with Crippen LogP contribution in [0, 0.1) is 0 Å². The quantitative estimate of drug-likeness (QED) is 0.265. The molecule has 2 aromatic carbocycles. The molecule has 1 aromatic heterocycles. The van der Waals surface area contributed by atoms with Gasteiger partial charge in [0.15, 0.2) is 0 Å². The van der Waals surface area contributed by atoms with Crippen LogP contribution in [-0.4, -0.2) is 22.9 Å². The monoisotopic (exact) mass is 533 g/mol. The van der Waals surface area contributed by atoms with Crippen LogP contribution < -0.4 is 27.3 Å². The Morgan fingerprint density at radius 2 is 1.60 bits per heavy atom. The number of nitrogens with one attached hydrogen (secondary N) is 3. The third-order valence-electron chi connectivity index (χ3n) is 6.82. The summed E-state index contributed by atoms with van der Waals surface area (Å²) in [6.45, 7) is 18.1. The smallest absolute Gasteiger partial charge is 0.225 e. The summed E-state index contributed by atoms with van der Waals surface area (Å²) in [6.07, 6.45) is 0.830. The minimum Gasteiger partial charge on any atom is -0.397 e. The molecular weight excluding hydrogens is 498 g/mol. The van der Waals surface area contributed by atoms with Gasteiger partial charge in [-0.2, -0.15) is 0 Å². The van der Waals surface area contributed by atoms with Crippen LogP contribution in [0.2, 0.25) is 0 Å². The van der Waals surface area contributed by atoms with E-state index in [4.69, 9.17) is 5.73 Å². The van der Waals surface area contributed by atoms with Gasteiger partial charge in [0, 0.05) is 50.4 Å². The van der Waals surface area contributed by atoms with Gasteiger partial charge in [0.25, 0.3) is 0 Å². The van der Waals surface area contributed by atoms with Gasteiger partial charge in [0.1, 0.15) is 6.29 Å². The number of aromatic nitrogens is 2. The second-order valence-corrected chi connectivity index (χ2v) is 9.55. The standard InChI is InChI=1S/C32H35N7O/c1-20-21(2)31(30(20)33)37-18-27-9-7-8-26(14-27)17-36-23(4)29-15-28(38-32(34-5)39(29)6)22(3)35-16-24-10-12-25(19-40)13-11-24/h7-15,19,35-37H,1-4,16-18,33H2,5-6H3. The number of benzene rings is 2. The molecule has 5 N–H and O–H groups in total. The number of rotatable bonds is 12. The van der Waals surface area contributed by atoms with E-state index in [1.807, 2.05) is 35.9 Å². The molecule has 204 valence electrons. The number of nitrogens with zero attached hydrogens (tertiary/aromatic N) is 3. The molecule has 40 heavy (non-hydrogen) atoms. The minimum absolute atomic E-state index is 0.547. The van der Waals surface area contributed by atoms with Crippen LogP contribution in [0.1, 0.15) is 38.4 Å². The SMILES string of the molecule is C=C1C(=C)C(NCc2cccc(CNC(=C)c3cc(C(=C)NCc4ccc(C=O)cc4)nc(=NC)n3C)c2)=C1N. The number of allylic oxidation sites excluding steroid dienone is 2. The molecule has 0 atom stereocenters. The van der Waals surface area contributed by atoms with Crippen molar-refractivity contribution < 1.29 is 4.79 Å². The molecule has 0 bridgehead atoms. The summed E-state index contributed by atoms with van der Waals surface area (Å²) < 4.78 is 1.89. The van der Waals surface area contributed by atoms with Crippen molar-refractivity contribution in [3.05, 3.63) is 143 Å². The Hall–Kier alpha value is -5.11. The van der Waals surface area contributed by atoms with Crippen LogP contribution in [0.5, 0.6) is 0 Å². The van der Waals surface area contributed by atoms with Crippen LogP contribution in [0.3, 0.4) is 0 Å². The lowest BCUT2D eigenvalue weighted by Crippen LogP contribution is -2.29. The maximum atomic E-state index is 10.9. The lowest BCUT2D eigenvalue weighted by atomic mass is 9.90. The van der Waals surface area contributed by atoms with E-state index >= 15 is 0 Å². The minimum atomic E-state index is 0.547. The first kappa shape index (κ1) is 27.9. The zero-order valence-corrected chi connectivity index (χ0v) is 23.1. The van der Waals surface area contributed by atoms with Crippen molar-refractivity contribution in [2.24, 2.45) is 17.8 Å². The lowest BCUT2D eigenvalue weighted by Gasteiger charge is -2.27. The fourth-order valence-corrected chi connectivity index (χ4v) is 4.31. The number of nitrogens with two attached hydrogens (primary N) is 1. The highest BCUT2D eigenvalue weighted by molar-refractivity contribution is 5.74. The number of hydrogen-bond donors (Lipinski definition) is 4. The summed E-state index contributed by atoms with van der Waals surface area (Å²) in [5.41, 5.74) is 16.6. The predicted octanol–water partition coefficient (Wildman–Crippen LogP) is 3.67. The van der Waals surface area contributed by atoms with Crippen LogP contribution in [0.15, 0.2) is 108 Å². The summed E-state index contributed by atoms with van der Waals surface area (Å²) in [5.74, 6) is 0. The number of carbonyl (C=O) groups excluding carboxylic acids is 1. The Bertz CT molecular complexity index is 1610. The first-order valence-electron chi connectivity index (χ1n) is 12.8. The van der Waals surface area contributed by atoms with E-state index < -0.39 is 0 Å². The van der Waals surface area contributed by atoms with Crippen LogP contribution in [-0.2, 0) is 26.7 Å². The first-order valence-corrected chi connectivity index (χ1v) is 12.8. The van der Waals surface area contributed by atoms with E-state index in [1.54, 1.807) is 19.2 Å². The summed E-state index contributed by atoms with van der Waals surface area (Å²) in [5, 5.41) is 10.1. The Morgan fingerprint density at radius 1 is 0.950 bits per heavy atom. The van der Waals surface area contributed by atoms with E-state index in [-0.39, 0.29) is 0 Å². The molecular formula is C32H35N7O. The van der Waals surface area contributed by atoms with E-state index in [9.17, 15) is 4.79 Å². The molecule has 1 aliphatic rings. The highest BCUT2D eigenvalue weighted by Crippen LogP contribution is 2.31. The topological polar surface area (TPSA) is 109 Å². The summed E-state index contributed by atoms with van der Waals surface area (Å²) in [4.78, 5) is 19.9. The van der Waals surface area contributed by atoms with Gasteiger partial charge in [-0.05, 0) is 22.8 Å². The van der Waals surface area contributed by atoms with Crippen LogP contribution >= 0.6 is 0 Å². The van der Waals surface area contributed by atoms with E-state index in [0.29, 0.717) is 47.9 Å². The van der Waals surface area contributed by atoms with E-state index in [2.05, 4.69) is 70.4 Å². The Labute approximate surface area is 235 Å². The van der Waals surface area contributed by atoms with Gasteiger partial charge in [-0.3, -0.25) is 9.79 Å². The molecule has 1 aliphatic carbocycles. The first-order chi connectivity index (χ1) is 19.2. The van der Waals surface area contributed by atoms with Crippen LogP contribution in [0.4, 0.5) is 0 Å². The Kier molecular flexibility index (Phi) is 8.49. The largest absolute Gasteiger partial charge is 0.397 e. The zero-order valence-electron chi connectivity index (χ0n) is 23.1. The van der Waals surface area contributed by atoms with Gasteiger partial charge in [-0.25, -0.2) is 4.98 Å². The molecule has 8 heteroatoms.